The fraction of sp³-hybridized carbons (Fsp3) is 0.357. The molecular weight excluding hydrogens is 228 g/mol. The van der Waals surface area contributed by atoms with Crippen molar-refractivity contribution in [2.75, 3.05) is 19.7 Å². The number of hydrogen-bond donors (Lipinski definition) is 2. The van der Waals surface area contributed by atoms with Crippen LogP contribution in [0.2, 0.25) is 0 Å². The van der Waals surface area contributed by atoms with Gasteiger partial charge in [-0.25, -0.2) is 0 Å². The van der Waals surface area contributed by atoms with Crippen LogP contribution in [0.3, 0.4) is 0 Å². The van der Waals surface area contributed by atoms with Gasteiger partial charge in [0.1, 0.15) is 5.75 Å². The molecule has 0 bridgehead atoms. The van der Waals surface area contributed by atoms with E-state index < -0.39 is 0 Å². The fourth-order valence-corrected chi connectivity index (χ4v) is 2.24. The molecule has 1 fully saturated rings. The molecule has 0 amide bonds. The van der Waals surface area contributed by atoms with Crippen molar-refractivity contribution in [2.24, 2.45) is 0 Å². The van der Waals surface area contributed by atoms with E-state index in [1.54, 1.807) is 12.1 Å². The summed E-state index contributed by atoms with van der Waals surface area (Å²) >= 11 is 0. The minimum Gasteiger partial charge on any atom is -0.508 e. The summed E-state index contributed by atoms with van der Waals surface area (Å²) < 4.78 is 5.80. The number of rotatable bonds is 1. The van der Waals surface area contributed by atoms with Crippen molar-refractivity contribution >= 4 is 10.9 Å². The van der Waals surface area contributed by atoms with Crippen molar-refractivity contribution in [3.8, 4) is 5.75 Å². The van der Waals surface area contributed by atoms with Gasteiger partial charge in [-0.3, -0.25) is 4.98 Å². The van der Waals surface area contributed by atoms with Crippen molar-refractivity contribution < 1.29 is 9.84 Å². The predicted octanol–water partition coefficient (Wildman–Crippen LogP) is 1.99. The quantitative estimate of drug-likeness (QED) is 0.805. The number of phenolic OH excluding ortho intramolecular Hbond substituents is 1. The molecule has 1 aliphatic rings. The van der Waals surface area contributed by atoms with E-state index in [1.165, 1.54) is 0 Å². The summed E-state index contributed by atoms with van der Waals surface area (Å²) in [7, 11) is 0. The lowest BCUT2D eigenvalue weighted by molar-refractivity contribution is 0.0668. The van der Waals surface area contributed by atoms with Gasteiger partial charge in [0, 0.05) is 30.3 Å². The molecule has 4 heteroatoms. The highest BCUT2D eigenvalue weighted by atomic mass is 16.5. The average molecular weight is 244 g/mol. The summed E-state index contributed by atoms with van der Waals surface area (Å²) in [6.07, 6.45) is 2.95. The molecule has 0 saturated carbocycles. The largest absolute Gasteiger partial charge is 0.508 e. The molecule has 1 aromatic heterocycles. The Bertz CT molecular complexity index is 548. The van der Waals surface area contributed by atoms with Gasteiger partial charge < -0.3 is 15.2 Å². The van der Waals surface area contributed by atoms with E-state index in [-0.39, 0.29) is 11.9 Å². The number of aromatic nitrogens is 1. The Morgan fingerprint density at radius 1 is 1.33 bits per heavy atom. The number of nitrogens with one attached hydrogen (secondary N) is 1. The van der Waals surface area contributed by atoms with Crippen molar-refractivity contribution in [1.29, 1.82) is 0 Å². The molecule has 4 nitrogen and oxygen atoms in total. The Morgan fingerprint density at radius 2 is 2.28 bits per heavy atom. The third kappa shape index (κ3) is 2.30. The van der Waals surface area contributed by atoms with Crippen LogP contribution in [0.25, 0.3) is 10.9 Å². The number of fused-ring (bicyclic) bond motifs is 1. The SMILES string of the molecule is Oc1ccc2ncc(C3CNCCCO3)cc2c1. The van der Waals surface area contributed by atoms with Crippen LogP contribution in [0.15, 0.2) is 30.5 Å². The van der Waals surface area contributed by atoms with Crippen LogP contribution in [0.5, 0.6) is 5.75 Å². The Labute approximate surface area is 106 Å². The van der Waals surface area contributed by atoms with Gasteiger partial charge in [0.15, 0.2) is 0 Å². The van der Waals surface area contributed by atoms with Crippen molar-refractivity contribution in [2.45, 2.75) is 12.5 Å². The summed E-state index contributed by atoms with van der Waals surface area (Å²) in [5, 5.41) is 13.8. The number of hydrogen-bond acceptors (Lipinski definition) is 4. The molecule has 2 heterocycles. The van der Waals surface area contributed by atoms with Gasteiger partial charge in [0.2, 0.25) is 0 Å². The topological polar surface area (TPSA) is 54.4 Å². The van der Waals surface area contributed by atoms with Crippen molar-refractivity contribution in [3.63, 3.8) is 0 Å². The van der Waals surface area contributed by atoms with E-state index in [0.29, 0.717) is 0 Å². The third-order valence-corrected chi connectivity index (χ3v) is 3.20. The maximum atomic E-state index is 9.51. The van der Waals surface area contributed by atoms with Crippen LogP contribution in [0.4, 0.5) is 0 Å². The second-order valence-electron chi connectivity index (χ2n) is 4.56. The van der Waals surface area contributed by atoms with Crippen LogP contribution in [-0.4, -0.2) is 29.8 Å². The molecule has 0 spiro atoms. The van der Waals surface area contributed by atoms with E-state index in [2.05, 4.69) is 10.3 Å². The number of phenols is 1. The smallest absolute Gasteiger partial charge is 0.116 e. The van der Waals surface area contributed by atoms with Crippen LogP contribution < -0.4 is 5.32 Å². The van der Waals surface area contributed by atoms with Crippen molar-refractivity contribution in [1.82, 2.24) is 10.3 Å². The van der Waals surface area contributed by atoms with Gasteiger partial charge in [-0.2, -0.15) is 0 Å². The molecule has 1 unspecified atom stereocenters. The maximum absolute atomic E-state index is 9.51. The molecule has 1 aromatic carbocycles. The highest BCUT2D eigenvalue weighted by molar-refractivity contribution is 5.80. The predicted molar refractivity (Wildman–Crippen MR) is 69.6 cm³/mol. The number of nitrogens with zero attached hydrogens (tertiary/aromatic N) is 1. The molecule has 3 rings (SSSR count). The minimum absolute atomic E-state index is 0.0479. The Morgan fingerprint density at radius 3 is 3.22 bits per heavy atom. The molecule has 18 heavy (non-hydrogen) atoms. The van der Waals surface area contributed by atoms with Gasteiger partial charge in [-0.1, -0.05) is 0 Å². The van der Waals surface area contributed by atoms with Crippen LogP contribution >= 0.6 is 0 Å². The molecule has 1 atom stereocenters. The average Bonchev–Trinajstić information content (AvgIpc) is 2.66. The Kier molecular flexibility index (Phi) is 3.13. The van der Waals surface area contributed by atoms with Crippen LogP contribution in [-0.2, 0) is 4.74 Å². The highest BCUT2D eigenvalue weighted by Gasteiger charge is 2.15. The molecule has 0 aliphatic carbocycles. The van der Waals surface area contributed by atoms with E-state index in [9.17, 15) is 5.11 Å². The van der Waals surface area contributed by atoms with Crippen LogP contribution in [0, 0.1) is 0 Å². The van der Waals surface area contributed by atoms with Crippen LogP contribution in [0.1, 0.15) is 18.1 Å². The lowest BCUT2D eigenvalue weighted by atomic mass is 10.1. The monoisotopic (exact) mass is 244 g/mol. The standard InChI is InChI=1S/C14H16N2O2/c17-12-2-3-13-10(7-12)6-11(8-16-13)14-9-15-4-1-5-18-14/h2-3,6-8,14-15,17H,1,4-5,9H2. The van der Waals surface area contributed by atoms with E-state index >= 15 is 0 Å². The first-order valence-electron chi connectivity index (χ1n) is 6.24. The number of pyridine rings is 1. The summed E-state index contributed by atoms with van der Waals surface area (Å²) in [5.74, 6) is 0.265. The zero-order valence-electron chi connectivity index (χ0n) is 10.1. The third-order valence-electron chi connectivity index (χ3n) is 3.20. The molecule has 2 N–H and O–H groups in total. The molecule has 2 aromatic rings. The van der Waals surface area contributed by atoms with E-state index in [0.717, 1.165) is 42.6 Å². The Balaban J connectivity index is 1.96. The van der Waals surface area contributed by atoms with Gasteiger partial charge in [-0.15, -0.1) is 0 Å². The van der Waals surface area contributed by atoms with Crippen molar-refractivity contribution in [3.05, 3.63) is 36.0 Å². The highest BCUT2D eigenvalue weighted by Crippen LogP contribution is 2.24. The van der Waals surface area contributed by atoms with Gasteiger partial charge in [-0.05, 0) is 37.2 Å². The molecule has 0 radical (unpaired) electrons. The lowest BCUT2D eigenvalue weighted by Crippen LogP contribution is -2.20. The summed E-state index contributed by atoms with van der Waals surface area (Å²) in [4.78, 5) is 4.41. The molecule has 1 aliphatic heterocycles. The molecule has 94 valence electrons. The maximum Gasteiger partial charge on any atom is 0.116 e. The summed E-state index contributed by atoms with van der Waals surface area (Å²) in [5.41, 5.74) is 1.95. The number of benzene rings is 1. The zero-order chi connectivity index (χ0) is 12.4. The first-order valence-corrected chi connectivity index (χ1v) is 6.24. The summed E-state index contributed by atoms with van der Waals surface area (Å²) in [6, 6.07) is 7.25. The van der Waals surface area contributed by atoms with E-state index in [1.807, 2.05) is 18.3 Å². The lowest BCUT2D eigenvalue weighted by Gasteiger charge is -2.15. The molecule has 1 saturated heterocycles. The fourth-order valence-electron chi connectivity index (χ4n) is 2.24. The van der Waals surface area contributed by atoms with Gasteiger partial charge in [0.25, 0.3) is 0 Å². The second-order valence-corrected chi connectivity index (χ2v) is 4.56. The number of ether oxygens (including phenoxy) is 1. The minimum atomic E-state index is 0.0479. The van der Waals surface area contributed by atoms with E-state index in [4.69, 9.17) is 4.74 Å². The first-order chi connectivity index (χ1) is 8.83. The summed E-state index contributed by atoms with van der Waals surface area (Å²) in [6.45, 7) is 2.58. The Hall–Kier alpha value is -1.65. The molecular formula is C14H16N2O2. The van der Waals surface area contributed by atoms with Gasteiger partial charge >= 0.3 is 0 Å². The number of aromatic hydroxyl groups is 1. The normalized spacial score (nSPS) is 20.8. The zero-order valence-corrected chi connectivity index (χ0v) is 10.1. The second kappa shape index (κ2) is 4.92. The first kappa shape index (κ1) is 11.4. The van der Waals surface area contributed by atoms with Gasteiger partial charge in [0.05, 0.1) is 11.6 Å².